The topological polar surface area (TPSA) is 115 Å². The van der Waals surface area contributed by atoms with Crippen LogP contribution in [-0.4, -0.2) is 42.7 Å². The Labute approximate surface area is 188 Å². The van der Waals surface area contributed by atoms with Crippen LogP contribution in [0.25, 0.3) is 0 Å². The number of benzene rings is 2. The summed E-state index contributed by atoms with van der Waals surface area (Å²) in [6.07, 6.45) is 0. The molecule has 0 unspecified atom stereocenters. The van der Waals surface area contributed by atoms with Crippen molar-refractivity contribution in [3.8, 4) is 0 Å². The predicted molar refractivity (Wildman–Crippen MR) is 117 cm³/mol. The molecule has 2 aromatic heterocycles. The highest BCUT2D eigenvalue weighted by Gasteiger charge is 2.37. The van der Waals surface area contributed by atoms with Crippen molar-refractivity contribution in [2.24, 2.45) is 12.2 Å². The van der Waals surface area contributed by atoms with Gasteiger partial charge in [0, 0.05) is 12.6 Å². The molecule has 3 heterocycles. The van der Waals surface area contributed by atoms with Crippen molar-refractivity contribution in [3.63, 3.8) is 0 Å². The maximum absolute atomic E-state index is 12.7. The van der Waals surface area contributed by atoms with Crippen molar-refractivity contribution in [1.82, 2.24) is 25.2 Å². The Balaban J connectivity index is 1.38. The van der Waals surface area contributed by atoms with Crippen molar-refractivity contribution >= 4 is 23.3 Å². The van der Waals surface area contributed by atoms with Gasteiger partial charge >= 0.3 is 0 Å². The van der Waals surface area contributed by atoms with Crippen LogP contribution < -0.4 is 4.90 Å². The average Bonchev–Trinajstić information content (AvgIpc) is 3.38. The van der Waals surface area contributed by atoms with E-state index < -0.39 is 11.8 Å². The number of pyridine rings is 1. The molecule has 2 amide bonds. The molecule has 1 aliphatic rings. The Bertz CT molecular complexity index is 1350. The Morgan fingerprint density at radius 3 is 2.27 bits per heavy atom. The highest BCUT2D eigenvalue weighted by molar-refractivity contribution is 6.34. The smallest absolute Gasteiger partial charge is 0.267 e. The summed E-state index contributed by atoms with van der Waals surface area (Å²) < 4.78 is 1.50. The van der Waals surface area contributed by atoms with Gasteiger partial charge in [-0.3, -0.25) is 9.59 Å². The number of carbonyl (C=O) groups is 2. The van der Waals surface area contributed by atoms with E-state index in [0.717, 1.165) is 10.5 Å². The summed E-state index contributed by atoms with van der Waals surface area (Å²) in [4.78, 5) is 36.5. The van der Waals surface area contributed by atoms with E-state index in [4.69, 9.17) is 4.84 Å². The number of nitrogens with zero attached hydrogens (tertiary/aromatic N) is 7. The molecule has 10 nitrogen and oxygen atoms in total. The van der Waals surface area contributed by atoms with Gasteiger partial charge in [0.1, 0.15) is 5.82 Å². The van der Waals surface area contributed by atoms with Gasteiger partial charge in [0.05, 0.1) is 16.8 Å². The van der Waals surface area contributed by atoms with E-state index in [1.165, 1.54) is 4.68 Å². The van der Waals surface area contributed by atoms with Gasteiger partial charge in [-0.2, -0.15) is 0 Å². The molecule has 0 radical (unpaired) electrons. The summed E-state index contributed by atoms with van der Waals surface area (Å²) in [5.41, 5.74) is 2.46. The molecule has 0 bridgehead atoms. The molecule has 2 aromatic carbocycles. The molecular weight excluding hydrogens is 422 g/mol. The molecule has 10 heteroatoms. The molecule has 0 spiro atoms. The fraction of sp³-hybridized carbons (Fsp3) is 0.0870. The summed E-state index contributed by atoms with van der Waals surface area (Å²) in [5, 5.41) is 15.8. The predicted octanol–water partition coefficient (Wildman–Crippen LogP) is 2.37. The molecule has 0 atom stereocenters. The lowest BCUT2D eigenvalue weighted by atomic mass is 10.1. The quantitative estimate of drug-likeness (QED) is 0.257. The summed E-state index contributed by atoms with van der Waals surface area (Å²) in [6.45, 7) is 0.0125. The number of aromatic nitrogens is 5. The normalized spacial score (nSPS) is 13.4. The number of imide groups is 1. The van der Waals surface area contributed by atoms with E-state index in [9.17, 15) is 9.59 Å². The molecule has 0 saturated carbocycles. The molecule has 0 N–H and O–H groups in total. The average molecular weight is 439 g/mol. The first kappa shape index (κ1) is 20.2. The first-order valence-electron chi connectivity index (χ1n) is 10.1. The third-order valence-electron chi connectivity index (χ3n) is 5.06. The van der Waals surface area contributed by atoms with E-state index in [1.807, 2.05) is 30.3 Å². The number of oxime groups is 1. The van der Waals surface area contributed by atoms with Crippen molar-refractivity contribution in [1.29, 1.82) is 0 Å². The molecule has 0 saturated heterocycles. The maximum Gasteiger partial charge on any atom is 0.267 e. The van der Waals surface area contributed by atoms with Crippen LogP contribution >= 0.6 is 0 Å². The first-order valence-corrected chi connectivity index (χ1v) is 10.1. The van der Waals surface area contributed by atoms with Crippen LogP contribution in [0.1, 0.15) is 37.8 Å². The highest BCUT2D eigenvalue weighted by Crippen LogP contribution is 2.27. The molecule has 162 valence electrons. The highest BCUT2D eigenvalue weighted by atomic mass is 16.6. The molecule has 0 aliphatic carbocycles. The van der Waals surface area contributed by atoms with Crippen LogP contribution in [0.5, 0.6) is 0 Å². The minimum Gasteiger partial charge on any atom is -0.389 e. The van der Waals surface area contributed by atoms with Crippen molar-refractivity contribution in [3.05, 3.63) is 101 Å². The van der Waals surface area contributed by atoms with Gasteiger partial charge in [-0.25, -0.2) is 14.6 Å². The van der Waals surface area contributed by atoms with Gasteiger partial charge in [-0.1, -0.05) is 53.7 Å². The number of hydrogen-bond acceptors (Lipinski definition) is 8. The zero-order chi connectivity index (χ0) is 22.8. The number of rotatable bonds is 6. The molecule has 4 aromatic rings. The molecule has 33 heavy (non-hydrogen) atoms. The maximum atomic E-state index is 12.7. The Morgan fingerprint density at radius 2 is 1.61 bits per heavy atom. The SMILES string of the molecule is Cn1nnnc1C(=NOCc1cccc(N2C(=O)c3ccccc3C2=O)n1)c1ccccc1. The van der Waals surface area contributed by atoms with Gasteiger partial charge in [0.2, 0.25) is 5.82 Å². The van der Waals surface area contributed by atoms with Crippen molar-refractivity contribution < 1.29 is 14.4 Å². The van der Waals surface area contributed by atoms with Crippen LogP contribution in [0.15, 0.2) is 78.0 Å². The summed E-state index contributed by atoms with van der Waals surface area (Å²) >= 11 is 0. The van der Waals surface area contributed by atoms with Gasteiger partial charge in [-0.15, -0.1) is 5.10 Å². The van der Waals surface area contributed by atoms with E-state index in [2.05, 4.69) is 25.7 Å². The molecule has 0 fully saturated rings. The second kappa shape index (κ2) is 8.42. The molecular formula is C23H17N7O3. The van der Waals surface area contributed by atoms with E-state index >= 15 is 0 Å². The monoisotopic (exact) mass is 439 g/mol. The summed E-state index contributed by atoms with van der Waals surface area (Å²) in [6, 6.07) is 21.1. The summed E-state index contributed by atoms with van der Waals surface area (Å²) in [5.74, 6) is -0.137. The van der Waals surface area contributed by atoms with Gasteiger partial charge in [-0.05, 0) is 34.7 Å². The van der Waals surface area contributed by atoms with E-state index in [1.54, 1.807) is 49.5 Å². The first-order chi connectivity index (χ1) is 16.1. The number of carbonyl (C=O) groups excluding carboxylic acids is 2. The number of fused-ring (bicyclic) bond motifs is 1. The number of amides is 2. The zero-order valence-corrected chi connectivity index (χ0v) is 17.5. The van der Waals surface area contributed by atoms with Crippen molar-refractivity contribution in [2.45, 2.75) is 6.61 Å². The minimum absolute atomic E-state index is 0.0125. The van der Waals surface area contributed by atoms with Crippen LogP contribution in [0.2, 0.25) is 0 Å². The summed E-state index contributed by atoms with van der Waals surface area (Å²) in [7, 11) is 1.71. The fourth-order valence-electron chi connectivity index (χ4n) is 3.48. The van der Waals surface area contributed by atoms with Crippen molar-refractivity contribution in [2.75, 3.05) is 4.90 Å². The number of hydrogen-bond donors (Lipinski definition) is 0. The minimum atomic E-state index is -0.402. The lowest BCUT2D eigenvalue weighted by molar-refractivity contribution is 0.0924. The van der Waals surface area contributed by atoms with Crippen LogP contribution in [0, 0.1) is 0 Å². The van der Waals surface area contributed by atoms with Gasteiger partial charge in [0.25, 0.3) is 11.8 Å². The number of aryl methyl sites for hydroxylation is 1. The second-order valence-corrected chi connectivity index (χ2v) is 7.18. The number of tetrazole rings is 1. The van der Waals surface area contributed by atoms with Gasteiger partial charge < -0.3 is 4.84 Å². The second-order valence-electron chi connectivity index (χ2n) is 7.18. The van der Waals surface area contributed by atoms with E-state index in [-0.39, 0.29) is 12.4 Å². The van der Waals surface area contributed by atoms with Gasteiger partial charge in [0.15, 0.2) is 12.3 Å². The third-order valence-corrected chi connectivity index (χ3v) is 5.06. The molecule has 1 aliphatic heterocycles. The largest absolute Gasteiger partial charge is 0.389 e. The van der Waals surface area contributed by atoms with Crippen LogP contribution in [0.4, 0.5) is 5.82 Å². The lowest BCUT2D eigenvalue weighted by Gasteiger charge is -2.13. The zero-order valence-electron chi connectivity index (χ0n) is 17.5. The lowest BCUT2D eigenvalue weighted by Crippen LogP contribution is -2.30. The molecule has 5 rings (SSSR count). The van der Waals surface area contributed by atoms with Crippen LogP contribution in [-0.2, 0) is 18.5 Å². The third kappa shape index (κ3) is 3.74. The number of anilines is 1. The Kier molecular flexibility index (Phi) is 5.15. The standard InChI is InChI=1S/C23H17N7O3/c1-29-21(25-27-28-29)20(15-8-3-2-4-9-15)26-33-14-16-10-7-13-19(24-16)30-22(31)17-11-5-6-12-18(17)23(30)32/h2-13H,14H2,1H3. The Morgan fingerprint density at radius 1 is 0.909 bits per heavy atom. The van der Waals surface area contributed by atoms with Crippen LogP contribution in [0.3, 0.4) is 0 Å². The van der Waals surface area contributed by atoms with E-state index in [0.29, 0.717) is 28.4 Å². The Hall–Kier alpha value is -4.73. The fourth-order valence-corrected chi connectivity index (χ4v) is 3.48.